The molecule has 0 aromatic carbocycles. The van der Waals surface area contributed by atoms with Crippen LogP contribution in [0.5, 0.6) is 0 Å². The van der Waals surface area contributed by atoms with Gasteiger partial charge in [-0.15, -0.1) is 0 Å². The zero-order chi connectivity index (χ0) is 14.4. The van der Waals surface area contributed by atoms with Crippen LogP contribution in [0.25, 0.3) is 0 Å². The molecule has 1 aliphatic rings. The molecule has 0 atom stereocenters. The van der Waals surface area contributed by atoms with E-state index in [1.807, 2.05) is 12.3 Å². The molecule has 1 fully saturated rings. The number of hydrogen-bond donors (Lipinski definition) is 2. The van der Waals surface area contributed by atoms with E-state index >= 15 is 0 Å². The Labute approximate surface area is 122 Å². The number of nitrogens with zero attached hydrogens (tertiary/aromatic N) is 2. The summed E-state index contributed by atoms with van der Waals surface area (Å²) in [5, 5.41) is 0. The Bertz CT molecular complexity index is 399. The zero-order valence-corrected chi connectivity index (χ0v) is 12.8. The fourth-order valence-corrected chi connectivity index (χ4v) is 2.95. The molecule has 1 aromatic heterocycles. The number of hydrazine groups is 1. The molecule has 2 rings (SSSR count). The smallest absolute Gasteiger partial charge is 0.0565 e. The van der Waals surface area contributed by atoms with Crippen LogP contribution < -0.4 is 11.3 Å². The van der Waals surface area contributed by atoms with Crippen molar-refractivity contribution in [2.45, 2.75) is 58.5 Å². The molecule has 4 heteroatoms. The molecule has 1 aliphatic carbocycles. The molecule has 20 heavy (non-hydrogen) atoms. The van der Waals surface area contributed by atoms with Gasteiger partial charge in [0.2, 0.25) is 0 Å². The summed E-state index contributed by atoms with van der Waals surface area (Å²) in [4.78, 5) is 7.11. The summed E-state index contributed by atoms with van der Waals surface area (Å²) >= 11 is 0. The molecule has 0 spiro atoms. The van der Waals surface area contributed by atoms with Gasteiger partial charge in [0.05, 0.1) is 11.4 Å². The van der Waals surface area contributed by atoms with Crippen molar-refractivity contribution in [1.29, 1.82) is 0 Å². The van der Waals surface area contributed by atoms with Crippen molar-refractivity contribution in [3.63, 3.8) is 0 Å². The third-order valence-corrected chi connectivity index (χ3v) is 4.18. The third-order valence-electron chi connectivity index (χ3n) is 4.18. The molecule has 0 saturated heterocycles. The summed E-state index contributed by atoms with van der Waals surface area (Å²) in [6.45, 7) is 6.70. The summed E-state index contributed by atoms with van der Waals surface area (Å²) < 4.78 is 0. The number of anilines is 1. The maximum absolute atomic E-state index is 5.48. The number of aromatic nitrogens is 1. The van der Waals surface area contributed by atoms with Gasteiger partial charge >= 0.3 is 0 Å². The molecule has 1 saturated carbocycles. The second kappa shape index (κ2) is 7.60. The third kappa shape index (κ3) is 4.46. The van der Waals surface area contributed by atoms with Crippen molar-refractivity contribution in [1.82, 2.24) is 9.88 Å². The highest BCUT2D eigenvalue weighted by Crippen LogP contribution is 2.25. The van der Waals surface area contributed by atoms with E-state index in [0.29, 0.717) is 0 Å². The Balaban J connectivity index is 2.01. The topological polar surface area (TPSA) is 54.2 Å². The number of nitrogens with one attached hydrogen (secondary N) is 1. The number of hydrogen-bond acceptors (Lipinski definition) is 4. The van der Waals surface area contributed by atoms with Crippen molar-refractivity contribution in [3.05, 3.63) is 24.0 Å². The van der Waals surface area contributed by atoms with E-state index < -0.39 is 0 Å². The minimum Gasteiger partial charge on any atom is -0.324 e. The quantitative estimate of drug-likeness (QED) is 0.593. The fraction of sp³-hybridized carbons (Fsp3) is 0.688. The summed E-state index contributed by atoms with van der Waals surface area (Å²) in [5.41, 5.74) is 4.74. The van der Waals surface area contributed by atoms with Gasteiger partial charge in [-0.25, -0.2) is 0 Å². The monoisotopic (exact) mass is 276 g/mol. The molecule has 0 amide bonds. The normalized spacial score (nSPS) is 16.2. The van der Waals surface area contributed by atoms with E-state index in [9.17, 15) is 0 Å². The Hall–Kier alpha value is -1.13. The predicted molar refractivity (Wildman–Crippen MR) is 84.2 cm³/mol. The molecule has 1 heterocycles. The highest BCUT2D eigenvalue weighted by molar-refractivity contribution is 5.41. The standard InChI is InChI=1S/C16H28N4/c1-13(2)8-10-20(16-5-3-4-6-16)12-15-11-14(19-17)7-9-18-15/h7,9,11,13,16H,3-6,8,10,12,17H2,1-2H3,(H,18,19). The van der Waals surface area contributed by atoms with Gasteiger partial charge < -0.3 is 5.43 Å². The van der Waals surface area contributed by atoms with Crippen LogP contribution in [0, 0.1) is 5.92 Å². The SMILES string of the molecule is CC(C)CCN(Cc1cc(NN)ccn1)C1CCCC1. The van der Waals surface area contributed by atoms with Crippen molar-refractivity contribution in [2.75, 3.05) is 12.0 Å². The number of nitrogens with two attached hydrogens (primary N) is 1. The van der Waals surface area contributed by atoms with Crippen LogP contribution in [-0.4, -0.2) is 22.5 Å². The van der Waals surface area contributed by atoms with Crippen LogP contribution >= 0.6 is 0 Å². The number of rotatable bonds is 7. The van der Waals surface area contributed by atoms with Crippen LogP contribution in [0.1, 0.15) is 51.6 Å². The second-order valence-electron chi connectivity index (χ2n) is 6.27. The minimum atomic E-state index is 0.741. The van der Waals surface area contributed by atoms with E-state index in [0.717, 1.165) is 29.9 Å². The lowest BCUT2D eigenvalue weighted by Gasteiger charge is -2.29. The lowest BCUT2D eigenvalue weighted by molar-refractivity contribution is 0.177. The number of nitrogen functional groups attached to an aromatic ring is 1. The van der Waals surface area contributed by atoms with Crippen LogP contribution in [0.3, 0.4) is 0 Å². The summed E-state index contributed by atoms with van der Waals surface area (Å²) in [5.74, 6) is 6.23. The Morgan fingerprint density at radius 1 is 1.40 bits per heavy atom. The average Bonchev–Trinajstić information content (AvgIpc) is 2.97. The molecular weight excluding hydrogens is 248 g/mol. The van der Waals surface area contributed by atoms with Gasteiger partial charge in [-0.1, -0.05) is 26.7 Å². The predicted octanol–water partition coefficient (Wildman–Crippen LogP) is 3.16. The van der Waals surface area contributed by atoms with Gasteiger partial charge in [-0.05, 0) is 43.9 Å². The maximum atomic E-state index is 5.48. The molecule has 0 bridgehead atoms. The highest BCUT2D eigenvalue weighted by atomic mass is 15.2. The van der Waals surface area contributed by atoms with E-state index in [1.165, 1.54) is 38.6 Å². The van der Waals surface area contributed by atoms with Crippen molar-refractivity contribution in [2.24, 2.45) is 11.8 Å². The van der Waals surface area contributed by atoms with E-state index in [4.69, 9.17) is 5.84 Å². The first-order valence-corrected chi connectivity index (χ1v) is 7.84. The average molecular weight is 276 g/mol. The minimum absolute atomic E-state index is 0.741. The fourth-order valence-electron chi connectivity index (χ4n) is 2.95. The lowest BCUT2D eigenvalue weighted by atomic mass is 10.1. The van der Waals surface area contributed by atoms with Crippen LogP contribution in [0.2, 0.25) is 0 Å². The second-order valence-corrected chi connectivity index (χ2v) is 6.27. The Morgan fingerprint density at radius 2 is 2.15 bits per heavy atom. The van der Waals surface area contributed by atoms with E-state index in [1.54, 1.807) is 0 Å². The van der Waals surface area contributed by atoms with Crippen molar-refractivity contribution < 1.29 is 0 Å². The van der Waals surface area contributed by atoms with Gasteiger partial charge in [0.15, 0.2) is 0 Å². The van der Waals surface area contributed by atoms with Gasteiger partial charge in [-0.2, -0.15) is 0 Å². The van der Waals surface area contributed by atoms with Gasteiger partial charge in [-0.3, -0.25) is 15.7 Å². The van der Waals surface area contributed by atoms with Crippen LogP contribution in [0.4, 0.5) is 5.69 Å². The summed E-state index contributed by atoms with van der Waals surface area (Å²) in [6, 6.07) is 4.69. The molecular formula is C16H28N4. The molecule has 112 valence electrons. The molecule has 4 nitrogen and oxygen atoms in total. The zero-order valence-electron chi connectivity index (χ0n) is 12.8. The van der Waals surface area contributed by atoms with Gasteiger partial charge in [0.1, 0.15) is 0 Å². The van der Waals surface area contributed by atoms with E-state index in [-0.39, 0.29) is 0 Å². The first-order valence-electron chi connectivity index (χ1n) is 7.84. The summed E-state index contributed by atoms with van der Waals surface area (Å²) in [7, 11) is 0. The van der Waals surface area contributed by atoms with Crippen LogP contribution in [-0.2, 0) is 6.54 Å². The summed E-state index contributed by atoms with van der Waals surface area (Å²) in [6.07, 6.45) is 8.52. The first kappa shape index (κ1) is 15.3. The van der Waals surface area contributed by atoms with Gasteiger partial charge in [0.25, 0.3) is 0 Å². The molecule has 0 aliphatic heterocycles. The van der Waals surface area contributed by atoms with Gasteiger partial charge in [0, 0.05) is 18.8 Å². The maximum Gasteiger partial charge on any atom is 0.0565 e. The Kier molecular flexibility index (Phi) is 5.80. The molecule has 3 N–H and O–H groups in total. The van der Waals surface area contributed by atoms with Crippen molar-refractivity contribution >= 4 is 5.69 Å². The van der Waals surface area contributed by atoms with Crippen LogP contribution in [0.15, 0.2) is 18.3 Å². The number of pyridine rings is 1. The molecule has 0 unspecified atom stereocenters. The lowest BCUT2D eigenvalue weighted by Crippen LogP contribution is -2.34. The molecule has 0 radical (unpaired) electrons. The molecule has 1 aromatic rings. The van der Waals surface area contributed by atoms with E-state index in [2.05, 4.69) is 35.2 Å². The first-order chi connectivity index (χ1) is 9.69. The highest BCUT2D eigenvalue weighted by Gasteiger charge is 2.22. The largest absolute Gasteiger partial charge is 0.324 e. The Morgan fingerprint density at radius 3 is 2.80 bits per heavy atom. The van der Waals surface area contributed by atoms with Crippen molar-refractivity contribution in [3.8, 4) is 0 Å².